The molecule has 0 saturated carbocycles. The van der Waals surface area contributed by atoms with Gasteiger partial charge in [-0.1, -0.05) is 6.92 Å². The SMILES string of the molecule is CCC(C)n1c(O)c(C=NCCN(C)C)c(=O)[nH]c1=S. The summed E-state index contributed by atoms with van der Waals surface area (Å²) in [6.07, 6.45) is 2.20. The average molecular weight is 298 g/mol. The number of aromatic amines is 1. The topological polar surface area (TPSA) is 73.6 Å². The van der Waals surface area contributed by atoms with Gasteiger partial charge in [0.1, 0.15) is 5.56 Å². The molecule has 1 rings (SSSR count). The van der Waals surface area contributed by atoms with Crippen LogP contribution in [-0.2, 0) is 0 Å². The predicted molar refractivity (Wildman–Crippen MR) is 83.6 cm³/mol. The van der Waals surface area contributed by atoms with Crippen molar-refractivity contribution in [3.8, 4) is 5.88 Å². The minimum atomic E-state index is -0.416. The number of aliphatic imine (C=N–C) groups is 1. The highest BCUT2D eigenvalue weighted by Gasteiger charge is 2.14. The highest BCUT2D eigenvalue weighted by Crippen LogP contribution is 2.19. The van der Waals surface area contributed by atoms with Gasteiger partial charge in [-0.05, 0) is 39.7 Å². The van der Waals surface area contributed by atoms with Crippen molar-refractivity contribution in [2.45, 2.75) is 26.3 Å². The summed E-state index contributed by atoms with van der Waals surface area (Å²) >= 11 is 5.09. The van der Waals surface area contributed by atoms with E-state index in [1.807, 2.05) is 32.8 Å². The van der Waals surface area contributed by atoms with Gasteiger partial charge in [0.15, 0.2) is 4.77 Å². The first-order valence-electron chi connectivity index (χ1n) is 6.60. The maximum absolute atomic E-state index is 11.9. The Kier molecular flexibility index (Phi) is 6.09. The molecule has 0 amide bonds. The Morgan fingerprint density at radius 3 is 2.75 bits per heavy atom. The van der Waals surface area contributed by atoms with Crippen LogP contribution in [0.5, 0.6) is 5.88 Å². The van der Waals surface area contributed by atoms with Gasteiger partial charge in [0.25, 0.3) is 5.56 Å². The van der Waals surface area contributed by atoms with Gasteiger partial charge < -0.3 is 10.0 Å². The molecule has 0 radical (unpaired) electrons. The fraction of sp³-hybridized carbons (Fsp3) is 0.615. The van der Waals surface area contributed by atoms with Crippen molar-refractivity contribution in [2.75, 3.05) is 27.2 Å². The third-order valence-electron chi connectivity index (χ3n) is 3.08. The number of aromatic nitrogens is 2. The van der Waals surface area contributed by atoms with E-state index in [1.54, 1.807) is 4.57 Å². The van der Waals surface area contributed by atoms with Gasteiger partial charge >= 0.3 is 0 Å². The molecule has 2 N–H and O–H groups in total. The monoisotopic (exact) mass is 298 g/mol. The quantitative estimate of drug-likeness (QED) is 0.617. The smallest absolute Gasteiger partial charge is 0.264 e. The van der Waals surface area contributed by atoms with Gasteiger partial charge in [-0.2, -0.15) is 0 Å². The molecule has 0 fully saturated rings. The van der Waals surface area contributed by atoms with Crippen LogP contribution < -0.4 is 5.56 Å². The van der Waals surface area contributed by atoms with E-state index < -0.39 is 5.56 Å². The van der Waals surface area contributed by atoms with Gasteiger partial charge in [-0.25, -0.2) is 0 Å². The molecule has 6 nitrogen and oxygen atoms in total. The molecular weight excluding hydrogens is 276 g/mol. The Morgan fingerprint density at radius 1 is 1.55 bits per heavy atom. The number of aromatic hydroxyl groups is 1. The summed E-state index contributed by atoms with van der Waals surface area (Å²) in [5, 5.41) is 10.2. The summed E-state index contributed by atoms with van der Waals surface area (Å²) in [6, 6.07) is 0.00766. The second-order valence-electron chi connectivity index (χ2n) is 4.96. The van der Waals surface area contributed by atoms with Crippen LogP contribution in [-0.4, -0.2) is 53.0 Å². The zero-order valence-electron chi connectivity index (χ0n) is 12.4. The van der Waals surface area contributed by atoms with Crippen LogP contribution in [0.15, 0.2) is 9.79 Å². The number of likely N-dealkylation sites (N-methyl/N-ethyl adjacent to an activating group) is 1. The number of nitrogens with one attached hydrogen (secondary N) is 1. The molecule has 0 aromatic carbocycles. The van der Waals surface area contributed by atoms with E-state index in [9.17, 15) is 9.90 Å². The molecule has 1 heterocycles. The molecule has 20 heavy (non-hydrogen) atoms. The number of hydrogen-bond acceptors (Lipinski definition) is 5. The van der Waals surface area contributed by atoms with E-state index in [0.717, 1.165) is 13.0 Å². The lowest BCUT2D eigenvalue weighted by molar-refractivity contribution is 0.371. The Hall–Kier alpha value is -1.47. The number of hydrogen-bond donors (Lipinski definition) is 2. The molecule has 0 bridgehead atoms. The van der Waals surface area contributed by atoms with Gasteiger partial charge in [0, 0.05) is 18.8 Å². The lowest BCUT2D eigenvalue weighted by Gasteiger charge is -2.16. The second-order valence-corrected chi connectivity index (χ2v) is 5.35. The van der Waals surface area contributed by atoms with E-state index in [1.165, 1.54) is 6.21 Å². The molecule has 1 aromatic heterocycles. The van der Waals surface area contributed by atoms with E-state index >= 15 is 0 Å². The van der Waals surface area contributed by atoms with Gasteiger partial charge in [-0.15, -0.1) is 0 Å². The standard InChI is InChI=1S/C13H22N4O2S/c1-5-9(2)17-12(19)10(11(18)15-13(17)20)8-14-6-7-16(3)4/h8-9,19H,5-7H2,1-4H3,(H,15,18,20). The number of H-pyrrole nitrogens is 1. The third kappa shape index (κ3) is 4.01. The van der Waals surface area contributed by atoms with Crippen molar-refractivity contribution >= 4 is 18.4 Å². The van der Waals surface area contributed by atoms with Crippen molar-refractivity contribution in [2.24, 2.45) is 4.99 Å². The van der Waals surface area contributed by atoms with Gasteiger partial charge in [0.2, 0.25) is 5.88 Å². The van der Waals surface area contributed by atoms with E-state index in [2.05, 4.69) is 9.98 Å². The fourth-order valence-electron chi connectivity index (χ4n) is 1.67. The fourth-order valence-corrected chi connectivity index (χ4v) is 2.03. The molecule has 112 valence electrons. The van der Waals surface area contributed by atoms with Crippen LogP contribution in [0.3, 0.4) is 0 Å². The first-order valence-corrected chi connectivity index (χ1v) is 7.01. The molecule has 1 aromatic rings. The summed E-state index contributed by atoms with van der Waals surface area (Å²) in [5.74, 6) is -0.123. The minimum absolute atomic E-state index is 0.00766. The largest absolute Gasteiger partial charge is 0.494 e. The Labute approximate surface area is 123 Å². The lowest BCUT2D eigenvalue weighted by Crippen LogP contribution is -2.21. The summed E-state index contributed by atoms with van der Waals surface area (Å²) in [5.41, 5.74) is -0.265. The van der Waals surface area contributed by atoms with E-state index in [4.69, 9.17) is 12.2 Å². The number of nitrogens with zero attached hydrogens (tertiary/aromatic N) is 3. The van der Waals surface area contributed by atoms with E-state index in [-0.39, 0.29) is 22.3 Å². The molecule has 7 heteroatoms. The third-order valence-corrected chi connectivity index (χ3v) is 3.38. The predicted octanol–water partition coefficient (Wildman–Crippen LogP) is 1.56. The van der Waals surface area contributed by atoms with Crippen LogP contribution in [0.4, 0.5) is 0 Å². The maximum Gasteiger partial charge on any atom is 0.264 e. The molecule has 0 saturated heterocycles. The Bertz CT molecular complexity index is 589. The zero-order chi connectivity index (χ0) is 15.3. The van der Waals surface area contributed by atoms with Crippen LogP contribution in [0, 0.1) is 4.77 Å². The Morgan fingerprint density at radius 2 is 2.20 bits per heavy atom. The highest BCUT2D eigenvalue weighted by molar-refractivity contribution is 7.71. The molecule has 0 aliphatic carbocycles. The van der Waals surface area contributed by atoms with Gasteiger partial charge in [-0.3, -0.25) is 19.3 Å². The van der Waals surface area contributed by atoms with Gasteiger partial charge in [0.05, 0.1) is 6.54 Å². The van der Waals surface area contributed by atoms with Crippen LogP contribution in [0.25, 0.3) is 0 Å². The van der Waals surface area contributed by atoms with Crippen LogP contribution in [0.1, 0.15) is 31.9 Å². The Balaban J connectivity index is 3.14. The first kappa shape index (κ1) is 16.6. The normalized spacial score (nSPS) is 13.2. The lowest BCUT2D eigenvalue weighted by atomic mass is 10.2. The summed E-state index contributed by atoms with van der Waals surface area (Å²) in [7, 11) is 3.89. The summed E-state index contributed by atoms with van der Waals surface area (Å²) < 4.78 is 1.77. The molecule has 0 aliphatic rings. The second kappa shape index (κ2) is 7.35. The minimum Gasteiger partial charge on any atom is -0.494 e. The van der Waals surface area contributed by atoms with Crippen molar-refractivity contribution in [3.05, 3.63) is 20.7 Å². The molecule has 0 spiro atoms. The molecule has 1 unspecified atom stereocenters. The van der Waals surface area contributed by atoms with Crippen molar-refractivity contribution < 1.29 is 5.11 Å². The highest BCUT2D eigenvalue weighted by atomic mass is 32.1. The van der Waals surface area contributed by atoms with Crippen molar-refractivity contribution in [3.63, 3.8) is 0 Å². The van der Waals surface area contributed by atoms with Crippen LogP contribution >= 0.6 is 12.2 Å². The molecule has 1 atom stereocenters. The molecule has 0 aliphatic heterocycles. The maximum atomic E-state index is 11.9. The number of rotatable bonds is 6. The first-order chi connectivity index (χ1) is 9.38. The summed E-state index contributed by atoms with van der Waals surface area (Å²) in [4.78, 5) is 20.6. The van der Waals surface area contributed by atoms with Crippen molar-refractivity contribution in [1.82, 2.24) is 14.5 Å². The van der Waals surface area contributed by atoms with Crippen LogP contribution in [0.2, 0.25) is 0 Å². The summed E-state index contributed by atoms with van der Waals surface area (Å²) in [6.45, 7) is 5.26. The van der Waals surface area contributed by atoms with Crippen molar-refractivity contribution in [1.29, 1.82) is 0 Å². The zero-order valence-corrected chi connectivity index (χ0v) is 13.2. The molecular formula is C13H22N4O2S. The average Bonchev–Trinajstić information content (AvgIpc) is 2.36. The van der Waals surface area contributed by atoms with E-state index in [0.29, 0.717) is 6.54 Å².